The molecule has 0 saturated heterocycles. The van der Waals surface area contributed by atoms with Crippen LogP contribution in [0.1, 0.15) is 57.6 Å². The summed E-state index contributed by atoms with van der Waals surface area (Å²) in [6.45, 7) is 8.36. The normalized spacial score (nSPS) is 14.0. The Morgan fingerprint density at radius 1 is 1.27 bits per heavy atom. The molecule has 0 fully saturated rings. The first-order valence-electron chi connectivity index (χ1n) is 7.84. The molecule has 0 heterocycles. The van der Waals surface area contributed by atoms with E-state index in [0.717, 1.165) is 36.8 Å². The number of ether oxygens (including phenoxy) is 1. The van der Waals surface area contributed by atoms with Crippen LogP contribution in [0.5, 0.6) is 0 Å². The van der Waals surface area contributed by atoms with E-state index in [4.69, 9.17) is 11.2 Å². The second-order valence-electron chi connectivity index (χ2n) is 7.09. The molecular weight excluding hydrogens is 272 g/mol. The van der Waals surface area contributed by atoms with Gasteiger partial charge in [0.2, 0.25) is 0 Å². The lowest BCUT2D eigenvalue weighted by Crippen LogP contribution is -2.34. The van der Waals surface area contributed by atoms with Gasteiger partial charge in [-0.25, -0.2) is 0 Å². The molecule has 1 rings (SSSR count). The molecule has 0 aliphatic carbocycles. The highest BCUT2D eigenvalue weighted by molar-refractivity contribution is 5.82. The minimum Gasteiger partial charge on any atom is -0.468 e. The number of methoxy groups -OCH3 is 1. The third-order valence-corrected chi connectivity index (χ3v) is 4.40. The van der Waals surface area contributed by atoms with E-state index in [1.54, 1.807) is 0 Å². The fourth-order valence-corrected chi connectivity index (χ4v) is 2.86. The minimum atomic E-state index is -0.604. The third-order valence-electron chi connectivity index (χ3n) is 4.40. The van der Waals surface area contributed by atoms with Crippen molar-refractivity contribution in [3.8, 4) is 12.3 Å². The number of rotatable bonds is 7. The summed E-state index contributed by atoms with van der Waals surface area (Å²) in [6.07, 6.45) is 8.88. The number of esters is 1. The molecular formula is C20H28O2. The Morgan fingerprint density at radius 3 is 2.50 bits per heavy atom. The molecule has 1 aromatic carbocycles. The van der Waals surface area contributed by atoms with Crippen molar-refractivity contribution in [1.82, 2.24) is 0 Å². The maximum atomic E-state index is 12.4. The summed E-state index contributed by atoms with van der Waals surface area (Å²) in [5.74, 6) is 2.56. The number of hydrogen-bond acceptors (Lipinski definition) is 2. The standard InChI is InChI=1S/C20H28O2/c1-7-12-19(3,4)13-9-14-20(5,18(21)22-6)17-11-8-10-16(2)15-17/h1,8,10-11,15H,9,12-14H2,2-6H3. The number of carbonyl (C=O) groups excluding carboxylic acids is 1. The van der Waals surface area contributed by atoms with Crippen molar-refractivity contribution in [1.29, 1.82) is 0 Å². The number of carbonyl (C=O) groups is 1. The average Bonchev–Trinajstić information content (AvgIpc) is 2.45. The predicted molar refractivity (Wildman–Crippen MR) is 91.6 cm³/mol. The lowest BCUT2D eigenvalue weighted by Gasteiger charge is -2.29. The fraction of sp³-hybridized carbons (Fsp3) is 0.550. The van der Waals surface area contributed by atoms with Crippen LogP contribution in [0.25, 0.3) is 0 Å². The molecule has 1 unspecified atom stereocenters. The van der Waals surface area contributed by atoms with Crippen LogP contribution in [0.4, 0.5) is 0 Å². The Labute approximate surface area is 135 Å². The molecule has 0 aromatic heterocycles. The molecule has 0 bridgehead atoms. The van der Waals surface area contributed by atoms with Gasteiger partial charge in [0.25, 0.3) is 0 Å². The molecule has 0 aliphatic heterocycles. The van der Waals surface area contributed by atoms with E-state index in [-0.39, 0.29) is 11.4 Å². The Bertz CT molecular complexity index is 551. The number of benzene rings is 1. The van der Waals surface area contributed by atoms with Crippen LogP contribution in [0, 0.1) is 24.7 Å². The van der Waals surface area contributed by atoms with Crippen LogP contribution in [-0.4, -0.2) is 13.1 Å². The second kappa shape index (κ2) is 7.49. The molecule has 0 aliphatic rings. The number of aryl methyl sites for hydroxylation is 1. The van der Waals surface area contributed by atoms with Crippen LogP contribution in [0.3, 0.4) is 0 Å². The SMILES string of the molecule is C#CCC(C)(C)CCCC(C)(C(=O)OC)c1cccc(C)c1. The Morgan fingerprint density at radius 2 is 1.95 bits per heavy atom. The van der Waals surface area contributed by atoms with Gasteiger partial charge in [-0.15, -0.1) is 12.3 Å². The predicted octanol–water partition coefficient (Wildman–Crippen LogP) is 4.65. The average molecular weight is 300 g/mol. The lowest BCUT2D eigenvalue weighted by atomic mass is 9.75. The van der Waals surface area contributed by atoms with Crippen molar-refractivity contribution in [2.24, 2.45) is 5.41 Å². The summed E-state index contributed by atoms with van der Waals surface area (Å²) in [6, 6.07) is 8.12. The third kappa shape index (κ3) is 4.63. The zero-order valence-corrected chi connectivity index (χ0v) is 14.5. The van der Waals surface area contributed by atoms with Crippen molar-refractivity contribution >= 4 is 5.97 Å². The van der Waals surface area contributed by atoms with Crippen LogP contribution in [0.15, 0.2) is 24.3 Å². The van der Waals surface area contributed by atoms with E-state index in [1.807, 2.05) is 32.0 Å². The van der Waals surface area contributed by atoms with Gasteiger partial charge in [0.05, 0.1) is 12.5 Å². The Hall–Kier alpha value is -1.75. The van der Waals surface area contributed by atoms with Crippen molar-refractivity contribution in [3.05, 3.63) is 35.4 Å². The lowest BCUT2D eigenvalue weighted by molar-refractivity contribution is -0.147. The molecule has 0 spiro atoms. The highest BCUT2D eigenvalue weighted by Gasteiger charge is 2.36. The first kappa shape index (κ1) is 18.3. The number of terminal acetylenes is 1. The van der Waals surface area contributed by atoms with Gasteiger partial charge >= 0.3 is 5.97 Å². The highest BCUT2D eigenvalue weighted by atomic mass is 16.5. The zero-order valence-electron chi connectivity index (χ0n) is 14.5. The smallest absolute Gasteiger partial charge is 0.315 e. The van der Waals surface area contributed by atoms with Crippen molar-refractivity contribution in [3.63, 3.8) is 0 Å². The van der Waals surface area contributed by atoms with E-state index in [9.17, 15) is 4.79 Å². The summed E-state index contributed by atoms with van der Waals surface area (Å²) in [4.78, 5) is 12.4. The maximum absolute atomic E-state index is 12.4. The molecule has 2 nitrogen and oxygen atoms in total. The summed E-state index contributed by atoms with van der Waals surface area (Å²) in [7, 11) is 1.46. The molecule has 22 heavy (non-hydrogen) atoms. The largest absolute Gasteiger partial charge is 0.468 e. The second-order valence-corrected chi connectivity index (χ2v) is 7.09. The molecule has 2 heteroatoms. The van der Waals surface area contributed by atoms with Gasteiger partial charge in [0.1, 0.15) is 0 Å². The van der Waals surface area contributed by atoms with Crippen LogP contribution in [-0.2, 0) is 14.9 Å². The summed E-state index contributed by atoms with van der Waals surface area (Å²) < 4.78 is 5.07. The molecule has 120 valence electrons. The number of hydrogen-bond donors (Lipinski definition) is 0. The van der Waals surface area contributed by atoms with E-state index in [1.165, 1.54) is 7.11 Å². The van der Waals surface area contributed by atoms with Gasteiger partial charge in [-0.1, -0.05) is 50.1 Å². The maximum Gasteiger partial charge on any atom is 0.315 e. The van der Waals surface area contributed by atoms with Gasteiger partial charge in [-0.3, -0.25) is 4.79 Å². The van der Waals surface area contributed by atoms with Crippen molar-refractivity contribution in [2.75, 3.05) is 7.11 Å². The van der Waals surface area contributed by atoms with Gasteiger partial charge in [0.15, 0.2) is 0 Å². The molecule has 1 atom stereocenters. The van der Waals surface area contributed by atoms with Gasteiger partial charge in [0, 0.05) is 6.42 Å². The van der Waals surface area contributed by atoms with Crippen molar-refractivity contribution < 1.29 is 9.53 Å². The van der Waals surface area contributed by atoms with Crippen LogP contribution < -0.4 is 0 Å². The molecule has 0 radical (unpaired) electrons. The monoisotopic (exact) mass is 300 g/mol. The molecule has 0 saturated carbocycles. The quantitative estimate of drug-likeness (QED) is 0.541. The van der Waals surface area contributed by atoms with Crippen LogP contribution >= 0.6 is 0 Å². The minimum absolute atomic E-state index is 0.110. The van der Waals surface area contributed by atoms with E-state index < -0.39 is 5.41 Å². The van der Waals surface area contributed by atoms with E-state index >= 15 is 0 Å². The summed E-state index contributed by atoms with van der Waals surface area (Å²) in [5.41, 5.74) is 1.68. The first-order chi connectivity index (χ1) is 10.2. The Balaban J connectivity index is 2.91. The van der Waals surface area contributed by atoms with Crippen LogP contribution in [0.2, 0.25) is 0 Å². The molecule has 0 N–H and O–H groups in total. The highest BCUT2D eigenvalue weighted by Crippen LogP contribution is 2.35. The van der Waals surface area contributed by atoms with E-state index in [2.05, 4.69) is 25.8 Å². The van der Waals surface area contributed by atoms with Crippen molar-refractivity contribution in [2.45, 2.75) is 58.8 Å². The van der Waals surface area contributed by atoms with Gasteiger partial charge < -0.3 is 4.74 Å². The zero-order chi connectivity index (χ0) is 16.8. The Kier molecular flexibility index (Phi) is 6.23. The molecule has 0 amide bonds. The fourth-order valence-electron chi connectivity index (χ4n) is 2.86. The summed E-state index contributed by atoms with van der Waals surface area (Å²) >= 11 is 0. The first-order valence-corrected chi connectivity index (χ1v) is 7.84. The molecule has 1 aromatic rings. The topological polar surface area (TPSA) is 26.3 Å². The summed E-state index contributed by atoms with van der Waals surface area (Å²) in [5, 5.41) is 0. The van der Waals surface area contributed by atoms with Gasteiger partial charge in [-0.05, 0) is 37.7 Å². The van der Waals surface area contributed by atoms with Gasteiger partial charge in [-0.2, -0.15) is 0 Å². The van der Waals surface area contributed by atoms with E-state index in [0.29, 0.717) is 0 Å².